The van der Waals surface area contributed by atoms with Crippen LogP contribution in [0.1, 0.15) is 25.3 Å². The van der Waals surface area contributed by atoms with Crippen LogP contribution in [0.2, 0.25) is 0 Å². The lowest BCUT2D eigenvalue weighted by Gasteiger charge is -2.29. The zero-order valence-corrected chi connectivity index (χ0v) is 17.9. The van der Waals surface area contributed by atoms with E-state index in [1.54, 1.807) is 25.1 Å². The van der Waals surface area contributed by atoms with Crippen LogP contribution in [0, 0.1) is 0 Å². The molecule has 0 unspecified atom stereocenters. The van der Waals surface area contributed by atoms with Crippen molar-refractivity contribution in [1.82, 2.24) is 0 Å². The Morgan fingerprint density at radius 1 is 1.07 bits per heavy atom. The molecule has 4 rings (SSSR count). The summed E-state index contributed by atoms with van der Waals surface area (Å²) in [6.07, 6.45) is 2.00. The fourth-order valence-corrected chi connectivity index (χ4v) is 7.17. The summed E-state index contributed by atoms with van der Waals surface area (Å²) in [4.78, 5) is -0.00525. The van der Waals surface area contributed by atoms with Gasteiger partial charge < -0.3 is 4.74 Å². The highest BCUT2D eigenvalue weighted by Crippen LogP contribution is 2.38. The molecule has 29 heavy (non-hydrogen) atoms. The van der Waals surface area contributed by atoms with Gasteiger partial charge in [0.25, 0.3) is 10.0 Å². The van der Waals surface area contributed by atoms with Crippen molar-refractivity contribution in [3.8, 4) is 5.75 Å². The molecule has 0 radical (unpaired) electrons. The third-order valence-corrected chi connectivity index (χ3v) is 8.98. The number of fused-ring (bicyclic) bond motifs is 1. The number of anilines is 2. The van der Waals surface area contributed by atoms with E-state index in [0.717, 1.165) is 12.0 Å². The van der Waals surface area contributed by atoms with E-state index in [1.807, 2.05) is 18.2 Å². The van der Waals surface area contributed by atoms with E-state index in [1.165, 1.54) is 14.7 Å². The van der Waals surface area contributed by atoms with Crippen LogP contribution in [-0.2, 0) is 26.5 Å². The first-order valence-electron chi connectivity index (χ1n) is 9.72. The lowest BCUT2D eigenvalue weighted by Crippen LogP contribution is -2.38. The zero-order valence-electron chi connectivity index (χ0n) is 16.2. The SMILES string of the molecule is CCOc1ccc(N2CCCCS2(=O)=O)cc1S(=O)(=O)N1CCc2ccccc21. The maximum absolute atomic E-state index is 13.6. The maximum atomic E-state index is 13.6. The van der Waals surface area contributed by atoms with Gasteiger partial charge in [-0.15, -0.1) is 0 Å². The van der Waals surface area contributed by atoms with Gasteiger partial charge in [-0.1, -0.05) is 18.2 Å². The first-order valence-corrected chi connectivity index (χ1v) is 12.8. The number of hydrogen-bond donors (Lipinski definition) is 0. The minimum Gasteiger partial charge on any atom is -0.492 e. The smallest absolute Gasteiger partial charge is 0.268 e. The number of sulfonamides is 2. The summed E-state index contributed by atoms with van der Waals surface area (Å²) in [5.41, 5.74) is 1.99. The highest BCUT2D eigenvalue weighted by Gasteiger charge is 2.34. The van der Waals surface area contributed by atoms with Crippen molar-refractivity contribution in [2.24, 2.45) is 0 Å². The minimum absolute atomic E-state index is 0.00525. The van der Waals surface area contributed by atoms with Crippen molar-refractivity contribution < 1.29 is 21.6 Å². The number of nitrogens with zero attached hydrogens (tertiary/aromatic N) is 2. The standard InChI is InChI=1S/C20H24N2O5S2/c1-2-27-19-10-9-17(21-12-5-6-14-28(21,23)24)15-20(19)29(25,26)22-13-11-16-7-3-4-8-18(16)22/h3-4,7-10,15H,2,5-6,11-14H2,1H3. The molecule has 2 aliphatic heterocycles. The molecule has 1 saturated heterocycles. The molecule has 0 aromatic heterocycles. The Balaban J connectivity index is 1.81. The second kappa shape index (κ2) is 7.53. The van der Waals surface area contributed by atoms with E-state index in [0.29, 0.717) is 43.9 Å². The van der Waals surface area contributed by atoms with Crippen LogP contribution in [0.4, 0.5) is 11.4 Å². The molecule has 0 saturated carbocycles. The summed E-state index contributed by atoms with van der Waals surface area (Å²) in [6.45, 7) is 2.78. The van der Waals surface area contributed by atoms with Crippen LogP contribution >= 0.6 is 0 Å². The lowest BCUT2D eigenvalue weighted by molar-refractivity contribution is 0.331. The molecule has 0 aliphatic carbocycles. The quantitative estimate of drug-likeness (QED) is 0.720. The first kappa shape index (κ1) is 20.0. The van der Waals surface area contributed by atoms with E-state index in [-0.39, 0.29) is 16.4 Å². The maximum Gasteiger partial charge on any atom is 0.268 e. The van der Waals surface area contributed by atoms with E-state index >= 15 is 0 Å². The Kier molecular flexibility index (Phi) is 5.20. The van der Waals surface area contributed by atoms with E-state index in [4.69, 9.17) is 4.74 Å². The Labute approximate surface area is 172 Å². The number of ether oxygens (including phenoxy) is 1. The van der Waals surface area contributed by atoms with Crippen LogP contribution in [0.25, 0.3) is 0 Å². The highest BCUT2D eigenvalue weighted by atomic mass is 32.2. The second-order valence-electron chi connectivity index (χ2n) is 7.12. The Morgan fingerprint density at radius 3 is 2.62 bits per heavy atom. The molecular weight excluding hydrogens is 412 g/mol. The van der Waals surface area contributed by atoms with Gasteiger partial charge in [0.05, 0.1) is 23.7 Å². The monoisotopic (exact) mass is 436 g/mol. The van der Waals surface area contributed by atoms with Crippen LogP contribution in [0.5, 0.6) is 5.75 Å². The van der Waals surface area contributed by atoms with Gasteiger partial charge in [-0.3, -0.25) is 8.61 Å². The van der Waals surface area contributed by atoms with Crippen molar-refractivity contribution in [1.29, 1.82) is 0 Å². The number of hydrogen-bond acceptors (Lipinski definition) is 5. The van der Waals surface area contributed by atoms with Crippen molar-refractivity contribution in [2.75, 3.05) is 34.1 Å². The molecule has 0 bridgehead atoms. The molecule has 0 N–H and O–H groups in total. The summed E-state index contributed by atoms with van der Waals surface area (Å²) in [6, 6.07) is 12.0. The van der Waals surface area contributed by atoms with Crippen LogP contribution < -0.4 is 13.3 Å². The van der Waals surface area contributed by atoms with E-state index in [2.05, 4.69) is 0 Å². The van der Waals surface area contributed by atoms with Gasteiger partial charge in [0.2, 0.25) is 10.0 Å². The van der Waals surface area contributed by atoms with Crippen molar-refractivity contribution in [3.05, 3.63) is 48.0 Å². The molecule has 1 fully saturated rings. The van der Waals surface area contributed by atoms with Gasteiger partial charge in [-0.2, -0.15) is 0 Å². The van der Waals surface area contributed by atoms with Gasteiger partial charge in [0, 0.05) is 13.1 Å². The molecule has 156 valence electrons. The summed E-state index contributed by atoms with van der Waals surface area (Å²) >= 11 is 0. The van der Waals surface area contributed by atoms with Crippen LogP contribution in [0.3, 0.4) is 0 Å². The molecule has 2 aromatic rings. The molecular formula is C20H24N2O5S2. The Morgan fingerprint density at radius 2 is 1.86 bits per heavy atom. The normalized spacial score (nSPS) is 18.5. The van der Waals surface area contributed by atoms with Crippen molar-refractivity contribution in [2.45, 2.75) is 31.1 Å². The summed E-state index contributed by atoms with van der Waals surface area (Å²) in [7, 11) is -7.36. The molecule has 0 amide bonds. The fourth-order valence-electron chi connectivity index (χ4n) is 3.88. The van der Waals surface area contributed by atoms with Gasteiger partial charge in [-0.25, -0.2) is 16.8 Å². The van der Waals surface area contributed by atoms with Crippen molar-refractivity contribution >= 4 is 31.4 Å². The molecule has 9 heteroatoms. The average molecular weight is 437 g/mol. The van der Waals surface area contributed by atoms with E-state index in [9.17, 15) is 16.8 Å². The third kappa shape index (κ3) is 3.57. The minimum atomic E-state index is -3.92. The van der Waals surface area contributed by atoms with Gasteiger partial charge >= 0.3 is 0 Å². The summed E-state index contributed by atoms with van der Waals surface area (Å²) < 4.78 is 60.4. The molecule has 2 aliphatic rings. The molecule has 2 heterocycles. The number of rotatable bonds is 5. The summed E-state index contributed by atoms with van der Waals surface area (Å²) in [5.74, 6) is 0.303. The van der Waals surface area contributed by atoms with Crippen LogP contribution in [-0.4, -0.2) is 42.3 Å². The van der Waals surface area contributed by atoms with Crippen molar-refractivity contribution in [3.63, 3.8) is 0 Å². The first-order chi connectivity index (χ1) is 13.8. The largest absolute Gasteiger partial charge is 0.492 e. The number of para-hydroxylation sites is 1. The average Bonchev–Trinajstić information content (AvgIpc) is 3.13. The van der Waals surface area contributed by atoms with Crippen LogP contribution in [0.15, 0.2) is 47.4 Å². The summed E-state index contributed by atoms with van der Waals surface area (Å²) in [5, 5.41) is 0. The molecule has 0 atom stereocenters. The Hall–Kier alpha value is -2.26. The number of benzene rings is 2. The zero-order chi connectivity index (χ0) is 20.6. The van der Waals surface area contributed by atoms with E-state index < -0.39 is 20.0 Å². The van der Waals surface area contributed by atoms with Gasteiger partial charge in [-0.05, 0) is 56.0 Å². The highest BCUT2D eigenvalue weighted by molar-refractivity contribution is 7.93. The predicted molar refractivity (Wildman–Crippen MR) is 113 cm³/mol. The molecule has 0 spiro atoms. The van der Waals surface area contributed by atoms with Gasteiger partial charge in [0.15, 0.2) is 0 Å². The topological polar surface area (TPSA) is 84.0 Å². The molecule has 7 nitrogen and oxygen atoms in total. The molecule has 2 aromatic carbocycles. The second-order valence-corrected chi connectivity index (χ2v) is 11.0. The lowest BCUT2D eigenvalue weighted by atomic mass is 10.2. The fraction of sp³-hybridized carbons (Fsp3) is 0.400. The third-order valence-electron chi connectivity index (χ3n) is 5.28. The van der Waals surface area contributed by atoms with Gasteiger partial charge in [0.1, 0.15) is 10.6 Å². The predicted octanol–water partition coefficient (Wildman–Crippen LogP) is 2.77. The Bertz CT molecular complexity index is 1130.